The first kappa shape index (κ1) is 22.1. The van der Waals surface area contributed by atoms with Gasteiger partial charge in [-0.15, -0.1) is 0 Å². The fourth-order valence-electron chi connectivity index (χ4n) is 2.43. The number of carbonyl (C=O) groups is 2. The average Bonchev–Trinajstić information content (AvgIpc) is 2.71. The lowest BCUT2D eigenvalue weighted by Gasteiger charge is -2.17. The Labute approximate surface area is 163 Å². The molecular formula is C20H16F5NO3. The summed E-state index contributed by atoms with van der Waals surface area (Å²) < 4.78 is 66.6. The van der Waals surface area contributed by atoms with Crippen molar-refractivity contribution in [3.05, 3.63) is 77.1 Å². The minimum absolute atomic E-state index is 0.104. The fraction of sp³-hybridized carbons (Fsp3) is 0.200. The average molecular weight is 413 g/mol. The Hall–Kier alpha value is -3.23. The van der Waals surface area contributed by atoms with E-state index in [9.17, 15) is 31.5 Å². The van der Waals surface area contributed by atoms with Crippen molar-refractivity contribution in [2.75, 3.05) is 7.05 Å². The second-order valence-electron chi connectivity index (χ2n) is 6.04. The first-order chi connectivity index (χ1) is 13.6. The largest absolute Gasteiger partial charge is 0.369 e. The molecule has 0 radical (unpaired) electrons. The van der Waals surface area contributed by atoms with Gasteiger partial charge in [-0.2, -0.15) is 5.06 Å². The molecule has 0 spiro atoms. The van der Waals surface area contributed by atoms with Gasteiger partial charge in [-0.3, -0.25) is 4.79 Å². The third kappa shape index (κ3) is 4.98. The summed E-state index contributed by atoms with van der Waals surface area (Å²) in [4.78, 5) is 28.3. The van der Waals surface area contributed by atoms with Gasteiger partial charge in [-0.25, -0.2) is 26.7 Å². The second kappa shape index (κ2) is 9.31. The smallest absolute Gasteiger partial charge is 0.333 e. The van der Waals surface area contributed by atoms with Gasteiger partial charge in [0.05, 0.1) is 0 Å². The number of carbonyl (C=O) groups excluding carboxylic acids is 2. The number of nitrogens with zero attached hydrogens (tertiary/aromatic N) is 1. The Morgan fingerprint density at radius 1 is 0.897 bits per heavy atom. The summed E-state index contributed by atoms with van der Waals surface area (Å²) >= 11 is 0. The molecule has 2 aromatic rings. The second-order valence-corrected chi connectivity index (χ2v) is 6.04. The summed E-state index contributed by atoms with van der Waals surface area (Å²) in [5, 5.41) is 0.381. The van der Waals surface area contributed by atoms with Crippen molar-refractivity contribution in [1.82, 2.24) is 5.06 Å². The van der Waals surface area contributed by atoms with Crippen LogP contribution in [0.5, 0.6) is 0 Å². The minimum atomic E-state index is -2.40. The zero-order valence-electron chi connectivity index (χ0n) is 15.3. The van der Waals surface area contributed by atoms with Crippen molar-refractivity contribution in [1.29, 1.82) is 0 Å². The molecule has 0 saturated heterocycles. The third-order valence-corrected chi connectivity index (χ3v) is 4.04. The first-order valence-corrected chi connectivity index (χ1v) is 8.38. The third-order valence-electron chi connectivity index (χ3n) is 4.04. The van der Waals surface area contributed by atoms with E-state index in [2.05, 4.69) is 11.4 Å². The molecule has 0 N–H and O–H groups in total. The Bertz CT molecular complexity index is 918. The van der Waals surface area contributed by atoms with Crippen molar-refractivity contribution in [3.63, 3.8) is 0 Å². The lowest BCUT2D eigenvalue weighted by atomic mass is 10.0. The van der Waals surface area contributed by atoms with E-state index in [0.717, 1.165) is 18.2 Å². The van der Waals surface area contributed by atoms with Crippen LogP contribution in [-0.4, -0.2) is 24.0 Å². The van der Waals surface area contributed by atoms with Gasteiger partial charge >= 0.3 is 5.97 Å². The van der Waals surface area contributed by atoms with Crippen LogP contribution in [0.4, 0.5) is 22.0 Å². The quantitative estimate of drug-likeness (QED) is 0.296. The highest BCUT2D eigenvalue weighted by Gasteiger charge is 2.32. The van der Waals surface area contributed by atoms with Crippen LogP contribution in [0, 0.1) is 29.1 Å². The predicted octanol–water partition coefficient (Wildman–Crippen LogP) is 4.80. The summed E-state index contributed by atoms with van der Waals surface area (Å²) in [6.45, 7) is 3.90. The van der Waals surface area contributed by atoms with Gasteiger partial charge in [-0.1, -0.05) is 36.9 Å². The van der Waals surface area contributed by atoms with Crippen LogP contribution in [-0.2, 0) is 9.63 Å². The molecular weight excluding hydrogens is 397 g/mol. The van der Waals surface area contributed by atoms with Crippen LogP contribution in [0.1, 0.15) is 35.2 Å². The maximum atomic E-state index is 13.6. The van der Waals surface area contributed by atoms with Crippen molar-refractivity contribution in [3.8, 4) is 0 Å². The van der Waals surface area contributed by atoms with Crippen molar-refractivity contribution in [2.45, 2.75) is 19.3 Å². The number of hydroxylamine groups is 2. The van der Waals surface area contributed by atoms with Crippen LogP contribution in [0.25, 0.3) is 5.57 Å². The lowest BCUT2D eigenvalue weighted by molar-refractivity contribution is -0.161. The van der Waals surface area contributed by atoms with Crippen LogP contribution in [0.2, 0.25) is 0 Å². The number of rotatable bonds is 6. The molecule has 0 aliphatic heterocycles. The molecule has 0 atom stereocenters. The van der Waals surface area contributed by atoms with Gasteiger partial charge in [0.2, 0.25) is 5.82 Å². The van der Waals surface area contributed by atoms with Gasteiger partial charge in [0.1, 0.15) is 5.56 Å². The van der Waals surface area contributed by atoms with Gasteiger partial charge in [0, 0.05) is 13.5 Å². The SMILES string of the molecule is C=C(CCCC(=O)N(C)OC(=O)c1c(F)c(F)c(F)c(F)c1F)c1ccccc1. The van der Waals surface area contributed by atoms with E-state index in [-0.39, 0.29) is 6.42 Å². The predicted molar refractivity (Wildman–Crippen MR) is 93.7 cm³/mol. The highest BCUT2D eigenvalue weighted by Crippen LogP contribution is 2.24. The summed E-state index contributed by atoms with van der Waals surface area (Å²) in [6.07, 6.45) is 0.679. The Kier molecular flexibility index (Phi) is 7.08. The van der Waals surface area contributed by atoms with Gasteiger partial charge in [0.25, 0.3) is 5.91 Å². The molecule has 0 fully saturated rings. The molecule has 0 aliphatic rings. The number of benzene rings is 2. The molecule has 2 aromatic carbocycles. The standard InChI is InChI=1S/C20H16F5NO3/c1-11(12-8-4-3-5-9-12)7-6-10-13(27)26(2)29-20(28)14-15(21)17(23)19(25)18(24)16(14)22/h3-5,8-9H,1,6-7,10H2,2H3. The van der Waals surface area contributed by atoms with E-state index in [4.69, 9.17) is 0 Å². The van der Waals surface area contributed by atoms with Crippen LogP contribution >= 0.6 is 0 Å². The molecule has 0 heterocycles. The van der Waals surface area contributed by atoms with E-state index in [1.54, 1.807) is 0 Å². The molecule has 0 saturated carbocycles. The van der Waals surface area contributed by atoms with Gasteiger partial charge < -0.3 is 4.84 Å². The minimum Gasteiger partial charge on any atom is -0.333 e. The summed E-state index contributed by atoms with van der Waals surface area (Å²) in [7, 11) is 0.984. The first-order valence-electron chi connectivity index (χ1n) is 8.38. The van der Waals surface area contributed by atoms with E-state index >= 15 is 0 Å². The van der Waals surface area contributed by atoms with Crippen molar-refractivity contribution >= 4 is 17.4 Å². The van der Waals surface area contributed by atoms with Crippen molar-refractivity contribution < 1.29 is 36.4 Å². The molecule has 2 rings (SSSR count). The van der Waals surface area contributed by atoms with E-state index in [0.29, 0.717) is 17.9 Å². The Morgan fingerprint density at radius 2 is 1.41 bits per heavy atom. The molecule has 4 nitrogen and oxygen atoms in total. The van der Waals surface area contributed by atoms with Crippen LogP contribution in [0.3, 0.4) is 0 Å². The monoisotopic (exact) mass is 413 g/mol. The van der Waals surface area contributed by atoms with Gasteiger partial charge in [-0.05, 0) is 24.0 Å². The highest BCUT2D eigenvalue weighted by atomic mass is 19.2. The molecule has 0 bridgehead atoms. The summed E-state index contributed by atoms with van der Waals surface area (Å²) in [5.41, 5.74) is -0.107. The molecule has 9 heteroatoms. The summed E-state index contributed by atoms with van der Waals surface area (Å²) in [6, 6.07) is 9.20. The van der Waals surface area contributed by atoms with E-state index < -0.39 is 46.5 Å². The maximum absolute atomic E-state index is 13.6. The number of halogens is 5. The lowest BCUT2D eigenvalue weighted by Crippen LogP contribution is -2.31. The zero-order chi connectivity index (χ0) is 21.7. The molecule has 0 aliphatic carbocycles. The molecule has 0 unspecified atom stereocenters. The maximum Gasteiger partial charge on any atom is 0.369 e. The topological polar surface area (TPSA) is 46.6 Å². The van der Waals surface area contributed by atoms with Gasteiger partial charge in [0.15, 0.2) is 23.3 Å². The number of hydrogen-bond acceptors (Lipinski definition) is 3. The fourth-order valence-corrected chi connectivity index (χ4v) is 2.43. The molecule has 0 aromatic heterocycles. The number of allylic oxidation sites excluding steroid dienone is 1. The van der Waals surface area contributed by atoms with Crippen LogP contribution < -0.4 is 0 Å². The number of amides is 1. The van der Waals surface area contributed by atoms with Crippen molar-refractivity contribution in [2.24, 2.45) is 0 Å². The molecule has 154 valence electrons. The molecule has 1 amide bonds. The van der Waals surface area contributed by atoms with E-state index in [1.807, 2.05) is 30.3 Å². The normalized spacial score (nSPS) is 10.6. The molecule has 29 heavy (non-hydrogen) atoms. The number of hydrogen-bond donors (Lipinski definition) is 0. The zero-order valence-corrected chi connectivity index (χ0v) is 15.3. The Morgan fingerprint density at radius 3 is 1.97 bits per heavy atom. The summed E-state index contributed by atoms with van der Waals surface area (Å²) in [5.74, 6) is -14.3. The Balaban J connectivity index is 1.96. The van der Waals surface area contributed by atoms with Crippen LogP contribution in [0.15, 0.2) is 36.9 Å². The highest BCUT2D eigenvalue weighted by molar-refractivity contribution is 5.91. The van der Waals surface area contributed by atoms with E-state index in [1.165, 1.54) is 0 Å².